The van der Waals surface area contributed by atoms with E-state index in [2.05, 4.69) is 16.1 Å². The molecule has 0 unspecified atom stereocenters. The second-order valence-corrected chi connectivity index (χ2v) is 5.03. The van der Waals surface area contributed by atoms with Crippen molar-refractivity contribution in [3.8, 4) is 0 Å². The molecule has 1 fully saturated rings. The van der Waals surface area contributed by atoms with Crippen LogP contribution in [-0.4, -0.2) is 34.3 Å². The molecule has 18 heavy (non-hydrogen) atoms. The van der Waals surface area contributed by atoms with Gasteiger partial charge in [0.1, 0.15) is 0 Å². The summed E-state index contributed by atoms with van der Waals surface area (Å²) in [5.41, 5.74) is 7.08. The summed E-state index contributed by atoms with van der Waals surface area (Å²) < 4.78 is 2.04. The predicted molar refractivity (Wildman–Crippen MR) is 74.4 cm³/mol. The standard InChI is InChI=1S/C14H20N4/c15-14-12-6-1-2-7-13(12)18(16-14)11-5-10-17-8-3-4-9-17/h1-2,6-7H,3-5,8-11H2,(H2,15,16). The Morgan fingerprint density at radius 3 is 2.72 bits per heavy atom. The fraction of sp³-hybridized carbons (Fsp3) is 0.500. The number of nitrogens with zero attached hydrogens (tertiary/aromatic N) is 3. The van der Waals surface area contributed by atoms with E-state index in [0.29, 0.717) is 5.82 Å². The minimum Gasteiger partial charge on any atom is -0.382 e. The van der Waals surface area contributed by atoms with Crippen molar-refractivity contribution in [3.05, 3.63) is 24.3 Å². The number of fused-ring (bicyclic) bond motifs is 1. The van der Waals surface area contributed by atoms with Crippen LogP contribution < -0.4 is 5.73 Å². The van der Waals surface area contributed by atoms with Crippen molar-refractivity contribution in [1.82, 2.24) is 14.7 Å². The van der Waals surface area contributed by atoms with Gasteiger partial charge >= 0.3 is 0 Å². The van der Waals surface area contributed by atoms with Crippen LogP contribution in [0.1, 0.15) is 19.3 Å². The van der Waals surface area contributed by atoms with Crippen LogP contribution in [0.25, 0.3) is 10.9 Å². The molecule has 2 aromatic rings. The van der Waals surface area contributed by atoms with Gasteiger partial charge in [-0.05, 0) is 51.0 Å². The normalized spacial score (nSPS) is 16.7. The van der Waals surface area contributed by atoms with Crippen LogP contribution in [0.15, 0.2) is 24.3 Å². The van der Waals surface area contributed by atoms with E-state index in [1.165, 1.54) is 32.5 Å². The average molecular weight is 244 g/mol. The fourth-order valence-electron chi connectivity index (χ4n) is 2.77. The van der Waals surface area contributed by atoms with Gasteiger partial charge in [0.2, 0.25) is 0 Å². The number of aromatic nitrogens is 2. The predicted octanol–water partition coefficient (Wildman–Crippen LogP) is 2.10. The van der Waals surface area contributed by atoms with Gasteiger partial charge in [-0.1, -0.05) is 12.1 Å². The largest absolute Gasteiger partial charge is 0.382 e. The molecule has 1 aliphatic heterocycles. The second-order valence-electron chi connectivity index (χ2n) is 5.03. The number of likely N-dealkylation sites (tertiary alicyclic amines) is 1. The van der Waals surface area contributed by atoms with Crippen molar-refractivity contribution in [1.29, 1.82) is 0 Å². The zero-order valence-corrected chi connectivity index (χ0v) is 10.7. The number of benzene rings is 1. The Labute approximate surface area is 107 Å². The Morgan fingerprint density at radius 2 is 1.89 bits per heavy atom. The Hall–Kier alpha value is -1.55. The fourth-order valence-corrected chi connectivity index (χ4v) is 2.77. The van der Waals surface area contributed by atoms with Crippen LogP contribution in [0.2, 0.25) is 0 Å². The second kappa shape index (κ2) is 4.98. The number of para-hydroxylation sites is 1. The number of nitrogens with two attached hydrogens (primary N) is 1. The minimum atomic E-state index is 0.645. The average Bonchev–Trinajstić information content (AvgIpc) is 3.00. The summed E-state index contributed by atoms with van der Waals surface area (Å²) in [5.74, 6) is 0.645. The lowest BCUT2D eigenvalue weighted by Gasteiger charge is -2.14. The van der Waals surface area contributed by atoms with E-state index < -0.39 is 0 Å². The first-order valence-corrected chi connectivity index (χ1v) is 6.78. The van der Waals surface area contributed by atoms with Crippen molar-refractivity contribution in [2.75, 3.05) is 25.4 Å². The molecule has 1 aromatic carbocycles. The first-order valence-electron chi connectivity index (χ1n) is 6.78. The van der Waals surface area contributed by atoms with Crippen molar-refractivity contribution in [2.24, 2.45) is 0 Å². The van der Waals surface area contributed by atoms with E-state index in [-0.39, 0.29) is 0 Å². The van der Waals surface area contributed by atoms with Crippen LogP contribution in [0.3, 0.4) is 0 Å². The highest BCUT2D eigenvalue weighted by Crippen LogP contribution is 2.20. The third kappa shape index (κ3) is 2.20. The van der Waals surface area contributed by atoms with E-state index in [1.807, 2.05) is 22.9 Å². The zero-order valence-electron chi connectivity index (χ0n) is 10.7. The van der Waals surface area contributed by atoms with Gasteiger partial charge in [-0.25, -0.2) is 0 Å². The molecule has 1 aliphatic rings. The molecule has 1 aromatic heterocycles. The van der Waals surface area contributed by atoms with Crippen molar-refractivity contribution < 1.29 is 0 Å². The Morgan fingerprint density at radius 1 is 1.11 bits per heavy atom. The molecule has 4 heteroatoms. The summed E-state index contributed by atoms with van der Waals surface area (Å²) in [7, 11) is 0. The molecular formula is C14H20N4. The molecule has 0 saturated carbocycles. The van der Waals surface area contributed by atoms with Crippen molar-refractivity contribution >= 4 is 16.7 Å². The number of nitrogen functional groups attached to an aromatic ring is 1. The first-order chi connectivity index (χ1) is 8.84. The molecule has 0 atom stereocenters. The van der Waals surface area contributed by atoms with E-state index in [9.17, 15) is 0 Å². The summed E-state index contributed by atoms with van der Waals surface area (Å²) in [6.45, 7) is 4.66. The van der Waals surface area contributed by atoms with Gasteiger partial charge < -0.3 is 10.6 Å². The molecule has 2 N–H and O–H groups in total. The SMILES string of the molecule is Nc1nn(CCCN2CCCC2)c2ccccc12. The van der Waals surface area contributed by atoms with Crippen LogP contribution in [0, 0.1) is 0 Å². The third-order valence-electron chi connectivity index (χ3n) is 3.73. The monoisotopic (exact) mass is 244 g/mol. The highest BCUT2D eigenvalue weighted by atomic mass is 15.3. The quantitative estimate of drug-likeness (QED) is 0.896. The summed E-state index contributed by atoms with van der Waals surface area (Å²) >= 11 is 0. The Bertz CT molecular complexity index is 526. The smallest absolute Gasteiger partial charge is 0.153 e. The number of hydrogen-bond donors (Lipinski definition) is 1. The van der Waals surface area contributed by atoms with Crippen LogP contribution in [0.5, 0.6) is 0 Å². The maximum Gasteiger partial charge on any atom is 0.153 e. The van der Waals surface area contributed by atoms with Crippen molar-refractivity contribution in [3.63, 3.8) is 0 Å². The molecule has 1 saturated heterocycles. The van der Waals surface area contributed by atoms with Crippen LogP contribution >= 0.6 is 0 Å². The van der Waals surface area contributed by atoms with Gasteiger partial charge in [-0.15, -0.1) is 0 Å². The first kappa shape index (κ1) is 11.5. The molecule has 0 amide bonds. The highest BCUT2D eigenvalue weighted by Gasteiger charge is 2.11. The lowest BCUT2D eigenvalue weighted by atomic mass is 10.2. The molecule has 4 nitrogen and oxygen atoms in total. The molecule has 0 radical (unpaired) electrons. The van der Waals surface area contributed by atoms with Gasteiger partial charge in [0, 0.05) is 11.9 Å². The Balaban J connectivity index is 1.67. The summed E-state index contributed by atoms with van der Waals surface area (Å²) in [4.78, 5) is 2.54. The van der Waals surface area contributed by atoms with E-state index in [4.69, 9.17) is 5.73 Å². The summed E-state index contributed by atoms with van der Waals surface area (Å²) in [6.07, 6.45) is 3.86. The van der Waals surface area contributed by atoms with Gasteiger partial charge in [-0.3, -0.25) is 4.68 Å². The van der Waals surface area contributed by atoms with Crippen LogP contribution in [0.4, 0.5) is 5.82 Å². The van der Waals surface area contributed by atoms with Gasteiger partial charge in [0.15, 0.2) is 5.82 Å². The highest BCUT2D eigenvalue weighted by molar-refractivity contribution is 5.88. The maximum atomic E-state index is 5.93. The summed E-state index contributed by atoms with van der Waals surface area (Å²) in [5, 5.41) is 5.50. The van der Waals surface area contributed by atoms with Crippen molar-refractivity contribution in [2.45, 2.75) is 25.8 Å². The van der Waals surface area contributed by atoms with E-state index >= 15 is 0 Å². The van der Waals surface area contributed by atoms with Gasteiger partial charge in [-0.2, -0.15) is 5.10 Å². The molecule has 0 bridgehead atoms. The zero-order chi connectivity index (χ0) is 12.4. The van der Waals surface area contributed by atoms with Crippen LogP contribution in [-0.2, 0) is 6.54 Å². The minimum absolute atomic E-state index is 0.645. The van der Waals surface area contributed by atoms with E-state index in [0.717, 1.165) is 23.9 Å². The van der Waals surface area contributed by atoms with Gasteiger partial charge in [0.05, 0.1) is 5.52 Å². The molecular weight excluding hydrogens is 224 g/mol. The molecule has 3 rings (SSSR count). The Kier molecular flexibility index (Phi) is 3.19. The molecule has 0 spiro atoms. The molecule has 0 aliphatic carbocycles. The lowest BCUT2D eigenvalue weighted by molar-refractivity contribution is 0.323. The maximum absolute atomic E-state index is 5.93. The molecule has 96 valence electrons. The topological polar surface area (TPSA) is 47.1 Å². The number of anilines is 1. The number of rotatable bonds is 4. The lowest BCUT2D eigenvalue weighted by Crippen LogP contribution is -2.21. The molecule has 2 heterocycles. The summed E-state index contributed by atoms with van der Waals surface area (Å²) in [6, 6.07) is 8.18. The van der Waals surface area contributed by atoms with Gasteiger partial charge in [0.25, 0.3) is 0 Å². The van der Waals surface area contributed by atoms with E-state index in [1.54, 1.807) is 0 Å². The number of aryl methyl sites for hydroxylation is 1. The number of hydrogen-bond acceptors (Lipinski definition) is 3. The third-order valence-corrected chi connectivity index (χ3v) is 3.73.